The van der Waals surface area contributed by atoms with Crippen molar-refractivity contribution >= 4 is 0 Å². The molecule has 4 heteroatoms. The maximum atomic E-state index is 10.3. The minimum atomic E-state index is -0.438. The molecule has 0 spiro atoms. The summed E-state index contributed by atoms with van der Waals surface area (Å²) in [6, 6.07) is 16.6. The molecule has 4 N–H and O–H groups in total. The maximum absolute atomic E-state index is 10.3. The van der Waals surface area contributed by atoms with Gasteiger partial charge in [-0.25, -0.2) is 0 Å². The lowest BCUT2D eigenvalue weighted by Gasteiger charge is -2.21. The van der Waals surface area contributed by atoms with Crippen molar-refractivity contribution in [1.82, 2.24) is 0 Å². The topological polar surface area (TPSA) is 80.9 Å². The standard InChI is InChI=1S/C20H18O4/c1-12-2-4-13(5-3-12)20(16-8-6-14(21)10-18(16)23)17-9-7-15(22)11-19(17)24/h2-11,20-24H,1H3. The minimum absolute atomic E-state index is 0.0335. The van der Waals surface area contributed by atoms with Crippen LogP contribution in [0.1, 0.15) is 28.2 Å². The Kier molecular flexibility index (Phi) is 4.04. The smallest absolute Gasteiger partial charge is 0.123 e. The van der Waals surface area contributed by atoms with Gasteiger partial charge in [0.15, 0.2) is 0 Å². The third-order valence-electron chi connectivity index (χ3n) is 4.06. The van der Waals surface area contributed by atoms with E-state index in [4.69, 9.17) is 0 Å². The Morgan fingerprint density at radius 3 is 1.50 bits per heavy atom. The van der Waals surface area contributed by atoms with Gasteiger partial charge in [0.05, 0.1) is 0 Å². The Labute approximate surface area is 139 Å². The molecule has 0 saturated heterocycles. The van der Waals surface area contributed by atoms with Crippen molar-refractivity contribution in [3.05, 3.63) is 82.9 Å². The fraction of sp³-hybridized carbons (Fsp3) is 0.100. The van der Waals surface area contributed by atoms with Gasteiger partial charge in [-0.05, 0) is 24.6 Å². The molecule has 0 unspecified atom stereocenters. The second kappa shape index (κ2) is 6.16. The van der Waals surface area contributed by atoms with Crippen molar-refractivity contribution < 1.29 is 20.4 Å². The van der Waals surface area contributed by atoms with Crippen molar-refractivity contribution in [3.63, 3.8) is 0 Å². The van der Waals surface area contributed by atoms with Crippen LogP contribution in [0.3, 0.4) is 0 Å². The van der Waals surface area contributed by atoms with Gasteiger partial charge in [-0.15, -0.1) is 0 Å². The second-order valence-electron chi connectivity index (χ2n) is 5.83. The van der Waals surface area contributed by atoms with E-state index in [0.29, 0.717) is 11.1 Å². The molecule has 122 valence electrons. The first-order chi connectivity index (χ1) is 11.5. The highest BCUT2D eigenvalue weighted by molar-refractivity contribution is 5.55. The molecule has 0 amide bonds. The number of hydrogen-bond donors (Lipinski definition) is 4. The van der Waals surface area contributed by atoms with Crippen molar-refractivity contribution in [2.75, 3.05) is 0 Å². The fourth-order valence-electron chi connectivity index (χ4n) is 2.84. The number of phenols is 4. The summed E-state index contributed by atoms with van der Waals surface area (Å²) < 4.78 is 0. The molecule has 0 aromatic heterocycles. The van der Waals surface area contributed by atoms with Crippen LogP contribution in [0.25, 0.3) is 0 Å². The Bertz CT molecular complexity index is 818. The molecule has 24 heavy (non-hydrogen) atoms. The summed E-state index contributed by atoms with van der Waals surface area (Å²) in [5.74, 6) is -0.629. The van der Waals surface area contributed by atoms with Gasteiger partial charge < -0.3 is 20.4 Å². The molecule has 3 aromatic rings. The predicted octanol–water partition coefficient (Wildman–Crippen LogP) is 4.00. The average molecular weight is 322 g/mol. The summed E-state index contributed by atoms with van der Waals surface area (Å²) in [7, 11) is 0. The van der Waals surface area contributed by atoms with Gasteiger partial charge >= 0.3 is 0 Å². The summed E-state index contributed by atoms with van der Waals surface area (Å²) in [5, 5.41) is 39.7. The number of aromatic hydroxyl groups is 4. The molecule has 0 bridgehead atoms. The summed E-state index contributed by atoms with van der Waals surface area (Å²) in [6.07, 6.45) is 0. The molecule has 3 aromatic carbocycles. The van der Waals surface area contributed by atoms with E-state index in [-0.39, 0.29) is 23.0 Å². The molecule has 0 aliphatic carbocycles. The van der Waals surface area contributed by atoms with E-state index in [1.165, 1.54) is 24.3 Å². The first kappa shape index (κ1) is 15.7. The van der Waals surface area contributed by atoms with Crippen LogP contribution in [0.5, 0.6) is 23.0 Å². The van der Waals surface area contributed by atoms with Gasteiger partial charge in [0.1, 0.15) is 23.0 Å². The fourth-order valence-corrected chi connectivity index (χ4v) is 2.84. The van der Waals surface area contributed by atoms with Gasteiger partial charge in [0, 0.05) is 29.2 Å². The zero-order valence-electron chi connectivity index (χ0n) is 13.1. The molecule has 0 aliphatic heterocycles. The molecule has 0 saturated carbocycles. The van der Waals surface area contributed by atoms with E-state index < -0.39 is 5.92 Å². The van der Waals surface area contributed by atoms with Crippen LogP contribution in [-0.4, -0.2) is 20.4 Å². The van der Waals surface area contributed by atoms with Gasteiger partial charge in [-0.3, -0.25) is 0 Å². The lowest BCUT2D eigenvalue weighted by molar-refractivity contribution is 0.440. The lowest BCUT2D eigenvalue weighted by Crippen LogP contribution is -2.04. The summed E-state index contributed by atoms with van der Waals surface area (Å²) in [6.45, 7) is 1.98. The normalized spacial score (nSPS) is 10.9. The van der Waals surface area contributed by atoms with Crippen LogP contribution in [0.4, 0.5) is 0 Å². The van der Waals surface area contributed by atoms with Crippen LogP contribution >= 0.6 is 0 Å². The number of rotatable bonds is 3. The van der Waals surface area contributed by atoms with E-state index >= 15 is 0 Å². The predicted molar refractivity (Wildman–Crippen MR) is 91.7 cm³/mol. The Morgan fingerprint density at radius 1 is 0.625 bits per heavy atom. The molecule has 3 rings (SSSR count). The van der Waals surface area contributed by atoms with E-state index in [0.717, 1.165) is 11.1 Å². The van der Waals surface area contributed by atoms with E-state index in [9.17, 15) is 20.4 Å². The van der Waals surface area contributed by atoms with Crippen molar-refractivity contribution in [3.8, 4) is 23.0 Å². The third-order valence-corrected chi connectivity index (χ3v) is 4.06. The minimum Gasteiger partial charge on any atom is -0.508 e. The van der Waals surface area contributed by atoms with Crippen LogP contribution in [0, 0.1) is 6.92 Å². The van der Waals surface area contributed by atoms with Crippen LogP contribution in [0.2, 0.25) is 0 Å². The second-order valence-corrected chi connectivity index (χ2v) is 5.83. The van der Waals surface area contributed by atoms with Gasteiger partial charge in [0.2, 0.25) is 0 Å². The maximum Gasteiger partial charge on any atom is 0.123 e. The quantitative estimate of drug-likeness (QED) is 0.550. The molecule has 0 heterocycles. The molecule has 0 radical (unpaired) electrons. The molecule has 0 fully saturated rings. The van der Waals surface area contributed by atoms with Crippen LogP contribution in [-0.2, 0) is 0 Å². The highest BCUT2D eigenvalue weighted by atomic mass is 16.3. The number of benzene rings is 3. The van der Waals surface area contributed by atoms with Gasteiger partial charge in [-0.1, -0.05) is 42.0 Å². The zero-order valence-corrected chi connectivity index (χ0v) is 13.1. The van der Waals surface area contributed by atoms with Gasteiger partial charge in [-0.2, -0.15) is 0 Å². The van der Waals surface area contributed by atoms with E-state index in [1.807, 2.05) is 31.2 Å². The van der Waals surface area contributed by atoms with E-state index in [1.54, 1.807) is 12.1 Å². The van der Waals surface area contributed by atoms with E-state index in [2.05, 4.69) is 0 Å². The zero-order chi connectivity index (χ0) is 17.3. The highest BCUT2D eigenvalue weighted by Gasteiger charge is 2.23. The molecular formula is C20H18O4. The molecule has 0 atom stereocenters. The number of hydrogen-bond acceptors (Lipinski definition) is 4. The van der Waals surface area contributed by atoms with Crippen LogP contribution < -0.4 is 0 Å². The summed E-state index contributed by atoms with van der Waals surface area (Å²) in [5.41, 5.74) is 3.08. The monoisotopic (exact) mass is 322 g/mol. The number of phenolic OH excluding ortho intramolecular Hbond substituents is 4. The molecular weight excluding hydrogens is 304 g/mol. The van der Waals surface area contributed by atoms with Crippen molar-refractivity contribution in [2.24, 2.45) is 0 Å². The first-order valence-corrected chi connectivity index (χ1v) is 7.56. The highest BCUT2D eigenvalue weighted by Crippen LogP contribution is 2.42. The van der Waals surface area contributed by atoms with Gasteiger partial charge in [0.25, 0.3) is 0 Å². The Morgan fingerprint density at radius 2 is 1.08 bits per heavy atom. The van der Waals surface area contributed by atoms with Crippen molar-refractivity contribution in [2.45, 2.75) is 12.8 Å². The first-order valence-electron chi connectivity index (χ1n) is 7.56. The lowest BCUT2D eigenvalue weighted by atomic mass is 9.84. The third kappa shape index (κ3) is 2.99. The summed E-state index contributed by atoms with van der Waals surface area (Å²) >= 11 is 0. The number of aryl methyl sites for hydroxylation is 1. The SMILES string of the molecule is Cc1ccc(C(c2ccc(O)cc2O)c2ccc(O)cc2O)cc1. The summed E-state index contributed by atoms with van der Waals surface area (Å²) in [4.78, 5) is 0. The average Bonchev–Trinajstić information content (AvgIpc) is 2.53. The largest absolute Gasteiger partial charge is 0.508 e. The molecule has 0 aliphatic rings. The van der Waals surface area contributed by atoms with Crippen molar-refractivity contribution in [1.29, 1.82) is 0 Å². The molecule has 4 nitrogen and oxygen atoms in total. The van der Waals surface area contributed by atoms with Crippen LogP contribution in [0.15, 0.2) is 60.7 Å². The Balaban J connectivity index is 2.22. The Hall–Kier alpha value is -3.14.